The zero-order valence-corrected chi connectivity index (χ0v) is 15.6. The first kappa shape index (κ1) is 18.9. The summed E-state index contributed by atoms with van der Waals surface area (Å²) in [7, 11) is 0. The Labute approximate surface area is 154 Å². The van der Waals surface area contributed by atoms with Crippen molar-refractivity contribution in [2.24, 2.45) is 5.92 Å². The Balaban J connectivity index is 1.35. The lowest BCUT2D eigenvalue weighted by atomic mass is 10.1. The molecule has 3 heterocycles. The Morgan fingerprint density at radius 3 is 2.73 bits per heavy atom. The number of nitrogens with one attached hydrogen (secondary N) is 1. The van der Waals surface area contributed by atoms with E-state index in [1.54, 1.807) is 17.2 Å². The summed E-state index contributed by atoms with van der Waals surface area (Å²) in [6.45, 7) is 8.56. The van der Waals surface area contributed by atoms with Crippen molar-refractivity contribution >= 4 is 11.8 Å². The molecule has 2 fully saturated rings. The van der Waals surface area contributed by atoms with E-state index in [1.807, 2.05) is 6.07 Å². The predicted molar refractivity (Wildman–Crippen MR) is 96.3 cm³/mol. The fourth-order valence-electron chi connectivity index (χ4n) is 3.82. The van der Waals surface area contributed by atoms with E-state index in [1.165, 1.54) is 0 Å². The van der Waals surface area contributed by atoms with E-state index in [0.29, 0.717) is 19.6 Å². The molecule has 0 saturated carbocycles. The third-order valence-electron chi connectivity index (χ3n) is 4.96. The smallest absolute Gasteiger partial charge is 0.225 e. The monoisotopic (exact) mass is 363 g/mol. The van der Waals surface area contributed by atoms with Gasteiger partial charge in [0.2, 0.25) is 11.8 Å². The first-order chi connectivity index (χ1) is 12.5. The summed E-state index contributed by atoms with van der Waals surface area (Å²) in [5.41, 5.74) is 0. The van der Waals surface area contributed by atoms with E-state index in [-0.39, 0.29) is 36.4 Å². The number of likely N-dealkylation sites (tertiary alicyclic amines) is 1. The lowest BCUT2D eigenvalue weighted by molar-refractivity contribution is -0.129. The summed E-state index contributed by atoms with van der Waals surface area (Å²) in [5, 5.41) is 2.99. The molecule has 26 heavy (non-hydrogen) atoms. The molecule has 1 N–H and O–H groups in total. The van der Waals surface area contributed by atoms with Crippen molar-refractivity contribution in [1.29, 1.82) is 0 Å². The topological polar surface area (TPSA) is 75.0 Å². The Kier molecular flexibility index (Phi) is 6.32. The fraction of sp³-hybridized carbons (Fsp3) is 0.684. The molecule has 2 saturated heterocycles. The summed E-state index contributed by atoms with van der Waals surface area (Å²) < 4.78 is 11.0. The molecule has 2 aliphatic rings. The molecule has 7 heteroatoms. The largest absolute Gasteiger partial charge is 0.467 e. The second-order valence-corrected chi connectivity index (χ2v) is 7.42. The summed E-state index contributed by atoms with van der Waals surface area (Å²) in [6, 6.07) is 3.64. The van der Waals surface area contributed by atoms with Gasteiger partial charge >= 0.3 is 0 Å². The minimum Gasteiger partial charge on any atom is -0.467 e. The van der Waals surface area contributed by atoms with Crippen LogP contribution in [0.1, 0.15) is 32.4 Å². The molecule has 0 bridgehead atoms. The molecule has 0 spiro atoms. The summed E-state index contributed by atoms with van der Waals surface area (Å²) in [4.78, 5) is 28.5. The van der Waals surface area contributed by atoms with Crippen molar-refractivity contribution in [3.05, 3.63) is 24.2 Å². The number of furan rings is 1. The van der Waals surface area contributed by atoms with E-state index in [2.05, 4.69) is 24.1 Å². The maximum Gasteiger partial charge on any atom is 0.225 e. The van der Waals surface area contributed by atoms with Crippen LogP contribution in [0, 0.1) is 5.92 Å². The van der Waals surface area contributed by atoms with Gasteiger partial charge in [-0.3, -0.25) is 14.5 Å². The van der Waals surface area contributed by atoms with Gasteiger partial charge in [0.25, 0.3) is 0 Å². The van der Waals surface area contributed by atoms with Gasteiger partial charge in [0.15, 0.2) is 0 Å². The highest BCUT2D eigenvalue weighted by atomic mass is 16.5. The minimum atomic E-state index is -0.263. The van der Waals surface area contributed by atoms with Gasteiger partial charge < -0.3 is 19.4 Å². The molecule has 0 aromatic carbocycles. The van der Waals surface area contributed by atoms with Crippen LogP contribution in [0.25, 0.3) is 0 Å². The van der Waals surface area contributed by atoms with Crippen molar-refractivity contribution in [2.75, 3.05) is 32.7 Å². The van der Waals surface area contributed by atoms with Crippen LogP contribution in [0.3, 0.4) is 0 Å². The molecular formula is C19H29N3O4. The normalized spacial score (nSPS) is 27.1. The van der Waals surface area contributed by atoms with Crippen LogP contribution in [0.5, 0.6) is 0 Å². The molecule has 3 atom stereocenters. The molecule has 144 valence electrons. The number of morpholine rings is 1. The number of amides is 2. The van der Waals surface area contributed by atoms with E-state index in [9.17, 15) is 9.59 Å². The van der Waals surface area contributed by atoms with E-state index in [0.717, 1.165) is 31.8 Å². The van der Waals surface area contributed by atoms with E-state index < -0.39 is 0 Å². The fourth-order valence-corrected chi connectivity index (χ4v) is 3.82. The second kappa shape index (κ2) is 8.68. The molecule has 3 rings (SSSR count). The van der Waals surface area contributed by atoms with Crippen molar-refractivity contribution in [1.82, 2.24) is 15.1 Å². The standard InChI is InChI=1S/C19H29N3O4/c1-14-10-21(11-15(2)26-14)7-4-6-20-19(24)16-9-18(23)22(12-16)13-17-5-3-8-25-17/h3,5,8,14-16H,4,6-7,9-13H2,1-2H3,(H,20,24). The molecule has 3 unspecified atom stereocenters. The first-order valence-corrected chi connectivity index (χ1v) is 9.47. The molecule has 0 aliphatic carbocycles. The minimum absolute atomic E-state index is 0.0119. The van der Waals surface area contributed by atoms with Gasteiger partial charge in [-0.15, -0.1) is 0 Å². The molecule has 1 aromatic rings. The van der Waals surface area contributed by atoms with Gasteiger partial charge in [-0.2, -0.15) is 0 Å². The predicted octanol–water partition coefficient (Wildman–Crippen LogP) is 1.24. The summed E-state index contributed by atoms with van der Waals surface area (Å²) in [6.07, 6.45) is 3.30. The van der Waals surface area contributed by atoms with Gasteiger partial charge in [0.05, 0.1) is 30.9 Å². The highest BCUT2D eigenvalue weighted by Crippen LogP contribution is 2.20. The number of carbonyl (C=O) groups excluding carboxylic acids is 2. The van der Waals surface area contributed by atoms with Crippen LogP contribution in [0.15, 0.2) is 22.8 Å². The summed E-state index contributed by atoms with van der Waals surface area (Å²) in [5.74, 6) is 0.469. The maximum atomic E-state index is 12.3. The van der Waals surface area contributed by atoms with Gasteiger partial charge in [0.1, 0.15) is 5.76 Å². The van der Waals surface area contributed by atoms with Gasteiger partial charge in [-0.05, 0) is 32.4 Å². The lowest BCUT2D eigenvalue weighted by Crippen LogP contribution is -2.46. The Morgan fingerprint density at radius 2 is 2.04 bits per heavy atom. The zero-order chi connectivity index (χ0) is 18.5. The Morgan fingerprint density at radius 1 is 1.27 bits per heavy atom. The zero-order valence-electron chi connectivity index (χ0n) is 15.6. The number of ether oxygens (including phenoxy) is 1. The average molecular weight is 363 g/mol. The first-order valence-electron chi connectivity index (χ1n) is 9.47. The highest BCUT2D eigenvalue weighted by molar-refractivity contribution is 5.89. The van der Waals surface area contributed by atoms with Crippen molar-refractivity contribution in [3.63, 3.8) is 0 Å². The quantitative estimate of drug-likeness (QED) is 0.738. The van der Waals surface area contributed by atoms with E-state index >= 15 is 0 Å². The molecular weight excluding hydrogens is 334 g/mol. The van der Waals surface area contributed by atoms with Gasteiger partial charge in [-0.25, -0.2) is 0 Å². The van der Waals surface area contributed by atoms with Crippen molar-refractivity contribution < 1.29 is 18.7 Å². The molecule has 0 radical (unpaired) electrons. The van der Waals surface area contributed by atoms with Crippen LogP contribution < -0.4 is 5.32 Å². The van der Waals surface area contributed by atoms with Crippen LogP contribution in [-0.2, 0) is 20.9 Å². The van der Waals surface area contributed by atoms with Gasteiger partial charge in [0, 0.05) is 39.1 Å². The second-order valence-electron chi connectivity index (χ2n) is 7.42. The van der Waals surface area contributed by atoms with Crippen molar-refractivity contribution in [2.45, 2.75) is 45.4 Å². The highest BCUT2D eigenvalue weighted by Gasteiger charge is 2.34. The van der Waals surface area contributed by atoms with Crippen LogP contribution in [0.4, 0.5) is 0 Å². The maximum absolute atomic E-state index is 12.3. The van der Waals surface area contributed by atoms with Crippen LogP contribution >= 0.6 is 0 Å². The SMILES string of the molecule is CC1CN(CCCNC(=O)C2CC(=O)N(Cc3ccco3)C2)CC(C)O1. The third-order valence-corrected chi connectivity index (χ3v) is 4.96. The molecule has 2 aliphatic heterocycles. The summed E-state index contributed by atoms with van der Waals surface area (Å²) >= 11 is 0. The van der Waals surface area contributed by atoms with Crippen LogP contribution in [0.2, 0.25) is 0 Å². The molecule has 2 amide bonds. The van der Waals surface area contributed by atoms with E-state index in [4.69, 9.17) is 9.15 Å². The third kappa shape index (κ3) is 5.08. The lowest BCUT2D eigenvalue weighted by Gasteiger charge is -2.35. The number of nitrogens with zero attached hydrogens (tertiary/aromatic N) is 2. The molecule has 7 nitrogen and oxygen atoms in total. The Bertz CT molecular complexity index is 594. The van der Waals surface area contributed by atoms with Crippen LogP contribution in [-0.4, -0.2) is 66.5 Å². The number of rotatable bonds is 7. The number of hydrogen-bond donors (Lipinski definition) is 1. The molecule has 1 aromatic heterocycles. The number of carbonyl (C=O) groups is 2. The number of hydrogen-bond acceptors (Lipinski definition) is 5. The van der Waals surface area contributed by atoms with Crippen molar-refractivity contribution in [3.8, 4) is 0 Å². The average Bonchev–Trinajstić information content (AvgIpc) is 3.21. The van der Waals surface area contributed by atoms with Gasteiger partial charge in [-0.1, -0.05) is 0 Å². The Hall–Kier alpha value is -1.86.